The van der Waals surface area contributed by atoms with E-state index < -0.39 is 11.8 Å². The fraction of sp³-hybridized carbons (Fsp3) is 0.200. The van der Waals surface area contributed by atoms with Crippen molar-refractivity contribution >= 4 is 34.9 Å². The highest BCUT2D eigenvalue weighted by Gasteiger charge is 2.41. The van der Waals surface area contributed by atoms with Crippen LogP contribution >= 0.6 is 12.2 Å². The third kappa shape index (κ3) is 5.17. The van der Waals surface area contributed by atoms with Gasteiger partial charge in [-0.3, -0.25) is 9.78 Å². The molecule has 3 N–H and O–H groups in total. The number of rotatable bonds is 8. The van der Waals surface area contributed by atoms with Crippen LogP contribution in [0.3, 0.4) is 0 Å². The molecular formula is C30H28FN5O3S. The number of hydrogen-bond donors (Lipinski definition) is 3. The molecule has 0 saturated carbocycles. The molecule has 1 aliphatic rings. The van der Waals surface area contributed by atoms with E-state index in [9.17, 15) is 19.1 Å². The summed E-state index contributed by atoms with van der Waals surface area (Å²) in [7, 11) is 0. The second-order valence-electron chi connectivity index (χ2n) is 9.58. The Morgan fingerprint density at radius 3 is 2.52 bits per heavy atom. The molecule has 2 aromatic carbocycles. The van der Waals surface area contributed by atoms with E-state index in [1.807, 2.05) is 53.6 Å². The molecule has 5 rings (SSSR count). The summed E-state index contributed by atoms with van der Waals surface area (Å²) in [4.78, 5) is 31.3. The maximum absolute atomic E-state index is 14.1. The standard InChI is InChI=1S/C30H28FN5O3S/c1-18-17-21(19(2)36(18)25-13-6-3-9-20(25)29(38)39)28-27(24-12-7-8-15-32-24)34-30(40)35(28)16-14-26(37)33-23-11-5-4-10-22(23)31/h3-13,15,17,27-28H,14,16H2,1-2H3,(H,33,37)(H,34,40)(H,38,39). The first-order valence-corrected chi connectivity index (χ1v) is 13.2. The number of aryl methyl sites for hydroxylation is 1. The molecule has 3 heterocycles. The fourth-order valence-electron chi connectivity index (χ4n) is 5.29. The minimum absolute atomic E-state index is 0.0716. The molecule has 204 valence electrons. The number of amides is 1. The number of nitrogens with one attached hydrogen (secondary N) is 2. The van der Waals surface area contributed by atoms with E-state index in [1.54, 1.807) is 36.5 Å². The normalized spacial score (nSPS) is 16.6. The molecule has 4 aromatic rings. The molecule has 0 radical (unpaired) electrons. The van der Waals surface area contributed by atoms with Crippen molar-refractivity contribution in [1.29, 1.82) is 0 Å². The lowest BCUT2D eigenvalue weighted by Crippen LogP contribution is -2.33. The van der Waals surface area contributed by atoms with Crippen LogP contribution in [-0.2, 0) is 4.79 Å². The number of benzene rings is 2. The second kappa shape index (κ2) is 11.3. The van der Waals surface area contributed by atoms with Crippen molar-refractivity contribution in [3.05, 3.63) is 113 Å². The highest BCUT2D eigenvalue weighted by Crippen LogP contribution is 2.41. The molecule has 0 spiro atoms. The lowest BCUT2D eigenvalue weighted by atomic mass is 9.96. The average molecular weight is 558 g/mol. The lowest BCUT2D eigenvalue weighted by Gasteiger charge is -2.28. The van der Waals surface area contributed by atoms with Crippen LogP contribution in [0.15, 0.2) is 79.0 Å². The van der Waals surface area contributed by atoms with Gasteiger partial charge in [-0.2, -0.15) is 0 Å². The van der Waals surface area contributed by atoms with Gasteiger partial charge >= 0.3 is 5.97 Å². The maximum Gasteiger partial charge on any atom is 0.337 e. The first-order valence-electron chi connectivity index (χ1n) is 12.8. The van der Waals surface area contributed by atoms with Crippen LogP contribution < -0.4 is 10.6 Å². The molecule has 1 amide bonds. The number of aromatic carboxylic acids is 1. The van der Waals surface area contributed by atoms with E-state index >= 15 is 0 Å². The Hall–Kier alpha value is -4.57. The van der Waals surface area contributed by atoms with E-state index in [0.717, 1.165) is 22.6 Å². The molecular weight excluding hydrogens is 529 g/mol. The molecule has 8 nitrogen and oxygen atoms in total. The predicted octanol–water partition coefficient (Wildman–Crippen LogP) is 5.33. The van der Waals surface area contributed by atoms with E-state index in [2.05, 4.69) is 15.6 Å². The first-order chi connectivity index (χ1) is 19.3. The van der Waals surface area contributed by atoms with Gasteiger partial charge in [0.15, 0.2) is 5.11 Å². The summed E-state index contributed by atoms with van der Waals surface area (Å²) >= 11 is 5.74. The molecule has 2 aromatic heterocycles. The Labute approximate surface area is 236 Å². The zero-order valence-corrected chi connectivity index (χ0v) is 22.8. The number of carboxylic acid groups (broad SMARTS) is 1. The summed E-state index contributed by atoms with van der Waals surface area (Å²) in [6.45, 7) is 4.15. The number of pyridine rings is 1. The summed E-state index contributed by atoms with van der Waals surface area (Å²) < 4.78 is 16.0. The van der Waals surface area contributed by atoms with Crippen LogP contribution in [0.5, 0.6) is 0 Å². The smallest absolute Gasteiger partial charge is 0.337 e. The topological polar surface area (TPSA) is 99.5 Å². The Morgan fingerprint density at radius 2 is 1.80 bits per heavy atom. The van der Waals surface area contributed by atoms with Crippen molar-refractivity contribution in [2.75, 3.05) is 11.9 Å². The monoisotopic (exact) mass is 557 g/mol. The molecule has 2 unspecified atom stereocenters. The van der Waals surface area contributed by atoms with Crippen molar-refractivity contribution < 1.29 is 19.1 Å². The largest absolute Gasteiger partial charge is 0.478 e. The predicted molar refractivity (Wildman–Crippen MR) is 154 cm³/mol. The highest BCUT2D eigenvalue weighted by molar-refractivity contribution is 7.80. The highest BCUT2D eigenvalue weighted by atomic mass is 32.1. The number of carboxylic acids is 1. The van der Waals surface area contributed by atoms with E-state index in [1.165, 1.54) is 12.1 Å². The first kappa shape index (κ1) is 27.0. The number of halogens is 1. The molecule has 1 fully saturated rings. The van der Waals surface area contributed by atoms with Gasteiger partial charge in [0.1, 0.15) is 5.82 Å². The Balaban J connectivity index is 1.51. The van der Waals surface area contributed by atoms with Crippen molar-refractivity contribution in [2.24, 2.45) is 0 Å². The third-order valence-electron chi connectivity index (χ3n) is 7.09. The van der Waals surface area contributed by atoms with Crippen LogP contribution in [0, 0.1) is 19.7 Å². The van der Waals surface area contributed by atoms with Crippen LogP contribution in [-0.4, -0.2) is 43.1 Å². The SMILES string of the molecule is Cc1cc(C2C(c3ccccn3)NC(=S)N2CCC(=O)Nc2ccccc2F)c(C)n1-c1ccccc1C(=O)O. The molecule has 2 atom stereocenters. The van der Waals surface area contributed by atoms with E-state index in [0.29, 0.717) is 10.8 Å². The number of carbonyl (C=O) groups is 2. The van der Waals surface area contributed by atoms with Crippen molar-refractivity contribution in [2.45, 2.75) is 32.4 Å². The summed E-state index contributed by atoms with van der Waals surface area (Å²) in [5, 5.41) is 16.3. The number of nitrogens with zero attached hydrogens (tertiary/aromatic N) is 3. The van der Waals surface area contributed by atoms with Gasteiger partial charge in [0.2, 0.25) is 5.91 Å². The summed E-state index contributed by atoms with van der Waals surface area (Å²) in [5.74, 6) is -1.85. The van der Waals surface area contributed by atoms with Gasteiger partial charge in [-0.25, -0.2) is 9.18 Å². The number of aromatic nitrogens is 2. The van der Waals surface area contributed by atoms with Gasteiger partial charge in [0.25, 0.3) is 0 Å². The zero-order valence-electron chi connectivity index (χ0n) is 22.0. The fourth-order valence-corrected chi connectivity index (χ4v) is 5.62. The number of hydrogen-bond acceptors (Lipinski definition) is 4. The Morgan fingerprint density at radius 1 is 1.07 bits per heavy atom. The molecule has 0 aliphatic carbocycles. The zero-order chi connectivity index (χ0) is 28.4. The van der Waals surface area contributed by atoms with Gasteiger partial charge in [-0.05, 0) is 74.1 Å². The van der Waals surface area contributed by atoms with Crippen molar-refractivity contribution in [3.8, 4) is 5.69 Å². The third-order valence-corrected chi connectivity index (χ3v) is 7.44. The Bertz CT molecular complexity index is 1590. The van der Waals surface area contributed by atoms with E-state index in [-0.39, 0.29) is 42.2 Å². The van der Waals surface area contributed by atoms with Crippen LogP contribution in [0.25, 0.3) is 5.69 Å². The average Bonchev–Trinajstić information content (AvgIpc) is 3.43. The minimum Gasteiger partial charge on any atom is -0.478 e. The molecule has 10 heteroatoms. The van der Waals surface area contributed by atoms with Crippen LogP contribution in [0.4, 0.5) is 10.1 Å². The van der Waals surface area contributed by atoms with Crippen LogP contribution in [0.1, 0.15) is 51.5 Å². The lowest BCUT2D eigenvalue weighted by molar-refractivity contribution is -0.116. The minimum atomic E-state index is -1.01. The van der Waals surface area contributed by atoms with Crippen molar-refractivity contribution in [3.63, 3.8) is 0 Å². The number of anilines is 1. The molecule has 0 bridgehead atoms. The van der Waals surface area contributed by atoms with Crippen molar-refractivity contribution in [1.82, 2.24) is 19.8 Å². The van der Waals surface area contributed by atoms with Gasteiger partial charge in [-0.15, -0.1) is 0 Å². The summed E-state index contributed by atoms with van der Waals surface area (Å²) in [6, 6.07) is 19.9. The number of para-hydroxylation sites is 2. The molecule has 40 heavy (non-hydrogen) atoms. The molecule has 1 saturated heterocycles. The summed E-state index contributed by atoms with van der Waals surface area (Å²) in [6.07, 6.45) is 1.79. The second-order valence-corrected chi connectivity index (χ2v) is 9.97. The van der Waals surface area contributed by atoms with Gasteiger partial charge in [0.05, 0.1) is 34.7 Å². The van der Waals surface area contributed by atoms with Gasteiger partial charge in [-0.1, -0.05) is 30.3 Å². The van der Waals surface area contributed by atoms with Gasteiger partial charge in [0, 0.05) is 30.6 Å². The molecule has 1 aliphatic heterocycles. The maximum atomic E-state index is 14.1. The van der Waals surface area contributed by atoms with E-state index in [4.69, 9.17) is 12.2 Å². The number of carbonyl (C=O) groups excluding carboxylic acids is 1. The van der Waals surface area contributed by atoms with Crippen LogP contribution in [0.2, 0.25) is 0 Å². The van der Waals surface area contributed by atoms with Gasteiger partial charge < -0.3 is 25.2 Å². The number of thiocarbonyl (C=S) groups is 1. The quantitative estimate of drug-likeness (QED) is 0.252. The Kier molecular flexibility index (Phi) is 7.61. The summed E-state index contributed by atoms with van der Waals surface area (Å²) in [5.41, 5.74) is 4.30.